The number of aromatic amines is 1. The minimum absolute atomic E-state index is 0.0483. The second-order valence-corrected chi connectivity index (χ2v) is 9.61. The molecule has 3 atom stereocenters. The first-order chi connectivity index (χ1) is 17.1. The van der Waals surface area contributed by atoms with Crippen LogP contribution in [-0.4, -0.2) is 64.5 Å². The first kappa shape index (κ1) is 27.3. The molecule has 0 aliphatic rings. The molecule has 192 valence electrons. The maximum absolute atomic E-state index is 12.4. The molecule has 0 unspecified atom stereocenters. The molecule has 1 amide bonds. The Kier molecular flexibility index (Phi) is 9.16. The Bertz CT molecular complexity index is 1250. The summed E-state index contributed by atoms with van der Waals surface area (Å²) in [5.74, 6) is 5.69. The van der Waals surface area contributed by atoms with Crippen molar-refractivity contribution in [3.05, 3.63) is 64.8 Å². The fourth-order valence-electron chi connectivity index (χ4n) is 4.19. The number of primary amides is 1. The molecular formula is C29H37N3O4. The van der Waals surface area contributed by atoms with Gasteiger partial charge in [-0.15, -0.1) is 0 Å². The molecule has 36 heavy (non-hydrogen) atoms. The van der Waals surface area contributed by atoms with E-state index in [0.29, 0.717) is 29.8 Å². The number of aromatic nitrogens is 1. The molecule has 0 fully saturated rings. The van der Waals surface area contributed by atoms with Crippen molar-refractivity contribution >= 4 is 16.8 Å². The first-order valence-electron chi connectivity index (χ1n) is 12.3. The first-order valence-corrected chi connectivity index (χ1v) is 12.3. The molecule has 0 spiro atoms. The van der Waals surface area contributed by atoms with Gasteiger partial charge < -0.3 is 25.7 Å². The highest BCUT2D eigenvalue weighted by atomic mass is 16.5. The fourth-order valence-corrected chi connectivity index (χ4v) is 4.19. The number of hydrogen-bond donors (Lipinski definition) is 4. The van der Waals surface area contributed by atoms with Gasteiger partial charge in [0.25, 0.3) is 5.91 Å². The number of hydrogen-bond acceptors (Lipinski definition) is 5. The van der Waals surface area contributed by atoms with Gasteiger partial charge in [0, 0.05) is 40.2 Å². The number of para-hydroxylation sites is 1. The lowest BCUT2D eigenvalue weighted by atomic mass is 9.88. The average molecular weight is 492 g/mol. The third-order valence-corrected chi connectivity index (χ3v) is 6.49. The van der Waals surface area contributed by atoms with E-state index in [1.807, 2.05) is 69.2 Å². The Morgan fingerprint density at radius 2 is 1.92 bits per heavy atom. The molecule has 0 aliphatic heterocycles. The van der Waals surface area contributed by atoms with Crippen LogP contribution in [0, 0.1) is 11.8 Å². The van der Waals surface area contributed by atoms with Crippen LogP contribution < -0.4 is 10.5 Å². The number of aliphatic hydroxyl groups excluding tert-OH is 2. The number of fused-ring (bicyclic) bond motifs is 1. The number of aliphatic hydroxyl groups is 2. The SMILES string of the molecule is CC(C)Oc1c(C(N)=O)cc(C#CCN(C)[C@H](C)[C@@H](C)O)cc1[C@H](CO)Cc1c[nH]c2ccccc12. The van der Waals surface area contributed by atoms with Crippen LogP contribution in [0.5, 0.6) is 5.75 Å². The number of nitrogens with zero attached hydrogens (tertiary/aromatic N) is 1. The third-order valence-electron chi connectivity index (χ3n) is 6.49. The summed E-state index contributed by atoms with van der Waals surface area (Å²) in [5.41, 5.74) is 9.40. The van der Waals surface area contributed by atoms with Gasteiger partial charge in [0.1, 0.15) is 5.75 Å². The Labute approximate surface area is 213 Å². The lowest BCUT2D eigenvalue weighted by Gasteiger charge is -2.24. The van der Waals surface area contributed by atoms with E-state index >= 15 is 0 Å². The van der Waals surface area contributed by atoms with Crippen molar-refractivity contribution in [1.82, 2.24) is 9.88 Å². The molecule has 3 aromatic rings. The molecule has 1 aromatic heterocycles. The monoisotopic (exact) mass is 491 g/mol. The van der Waals surface area contributed by atoms with Crippen LogP contribution in [0.15, 0.2) is 42.6 Å². The number of nitrogens with one attached hydrogen (secondary N) is 1. The van der Waals surface area contributed by atoms with E-state index < -0.39 is 12.0 Å². The second-order valence-electron chi connectivity index (χ2n) is 9.61. The highest BCUT2D eigenvalue weighted by molar-refractivity contribution is 5.96. The number of ether oxygens (including phenoxy) is 1. The Morgan fingerprint density at radius 1 is 1.19 bits per heavy atom. The smallest absolute Gasteiger partial charge is 0.252 e. The van der Waals surface area contributed by atoms with Crippen LogP contribution in [-0.2, 0) is 6.42 Å². The lowest BCUT2D eigenvalue weighted by Crippen LogP contribution is -2.37. The highest BCUT2D eigenvalue weighted by Crippen LogP contribution is 2.35. The van der Waals surface area contributed by atoms with Crippen molar-refractivity contribution in [1.29, 1.82) is 0 Å². The summed E-state index contributed by atoms with van der Waals surface area (Å²) in [6, 6.07) is 11.5. The second kappa shape index (κ2) is 12.1. The predicted octanol–water partition coefficient (Wildman–Crippen LogP) is 3.43. The molecule has 7 nitrogen and oxygen atoms in total. The van der Waals surface area contributed by atoms with E-state index in [1.54, 1.807) is 13.0 Å². The van der Waals surface area contributed by atoms with E-state index in [0.717, 1.165) is 16.5 Å². The van der Waals surface area contributed by atoms with Gasteiger partial charge in [-0.2, -0.15) is 0 Å². The van der Waals surface area contributed by atoms with E-state index in [-0.39, 0.29) is 30.2 Å². The van der Waals surface area contributed by atoms with E-state index in [2.05, 4.69) is 16.8 Å². The Morgan fingerprint density at radius 3 is 2.56 bits per heavy atom. The van der Waals surface area contributed by atoms with Gasteiger partial charge in [0.15, 0.2) is 0 Å². The maximum atomic E-state index is 12.4. The van der Waals surface area contributed by atoms with Gasteiger partial charge in [-0.25, -0.2) is 0 Å². The van der Waals surface area contributed by atoms with Crippen LogP contribution in [0.2, 0.25) is 0 Å². The van der Waals surface area contributed by atoms with Crippen molar-refractivity contribution in [3.8, 4) is 17.6 Å². The number of rotatable bonds is 10. The number of amides is 1. The molecule has 0 aliphatic carbocycles. The van der Waals surface area contributed by atoms with Gasteiger partial charge in [-0.05, 0) is 64.9 Å². The standard InChI is InChI=1S/C29H37N3O4/c1-18(2)36-28-25(23(17-33)15-22-16-31-27-11-7-6-10-24(22)27)13-21(14-26(28)29(30)35)9-8-12-32(5)19(3)20(4)34/h6-7,10-11,13-14,16,18-20,23,31,33-34H,12,15,17H2,1-5H3,(H2,30,35)/t19-,20-,23+/m1/s1. The predicted molar refractivity (Wildman–Crippen MR) is 143 cm³/mol. The normalized spacial score (nSPS) is 13.9. The zero-order valence-corrected chi connectivity index (χ0v) is 21.7. The molecular weight excluding hydrogens is 454 g/mol. The minimum atomic E-state index is -0.612. The molecule has 7 heteroatoms. The van der Waals surface area contributed by atoms with Crippen molar-refractivity contribution in [2.45, 2.75) is 58.3 Å². The number of benzene rings is 2. The molecule has 0 radical (unpaired) electrons. The van der Waals surface area contributed by atoms with Crippen molar-refractivity contribution in [2.75, 3.05) is 20.2 Å². The van der Waals surface area contributed by atoms with Crippen molar-refractivity contribution in [2.24, 2.45) is 5.73 Å². The van der Waals surface area contributed by atoms with Crippen molar-refractivity contribution in [3.63, 3.8) is 0 Å². The minimum Gasteiger partial charge on any atom is -0.490 e. The van der Waals surface area contributed by atoms with E-state index in [9.17, 15) is 15.0 Å². The summed E-state index contributed by atoms with van der Waals surface area (Å²) in [6.07, 6.45) is 1.82. The fraction of sp³-hybridized carbons (Fsp3) is 0.414. The van der Waals surface area contributed by atoms with Gasteiger partial charge >= 0.3 is 0 Å². The number of carbonyl (C=O) groups excluding carboxylic acids is 1. The zero-order valence-electron chi connectivity index (χ0n) is 21.7. The number of nitrogens with two attached hydrogens (primary N) is 1. The summed E-state index contributed by atoms with van der Waals surface area (Å²) < 4.78 is 6.08. The molecule has 0 saturated heterocycles. The Balaban J connectivity index is 2.04. The molecule has 0 saturated carbocycles. The lowest BCUT2D eigenvalue weighted by molar-refractivity contribution is 0.0942. The highest BCUT2D eigenvalue weighted by Gasteiger charge is 2.24. The van der Waals surface area contributed by atoms with Crippen LogP contribution in [0.25, 0.3) is 10.9 Å². The van der Waals surface area contributed by atoms with E-state index in [4.69, 9.17) is 10.5 Å². The molecule has 5 N–H and O–H groups in total. The molecule has 1 heterocycles. The zero-order chi connectivity index (χ0) is 26.4. The average Bonchev–Trinajstić information content (AvgIpc) is 3.24. The molecule has 0 bridgehead atoms. The molecule has 2 aromatic carbocycles. The van der Waals surface area contributed by atoms with Crippen molar-refractivity contribution < 1.29 is 19.7 Å². The van der Waals surface area contributed by atoms with E-state index in [1.165, 1.54) is 0 Å². The number of H-pyrrole nitrogens is 1. The van der Waals surface area contributed by atoms with Gasteiger partial charge in [0.2, 0.25) is 0 Å². The van der Waals surface area contributed by atoms with Crippen LogP contribution in [0.4, 0.5) is 0 Å². The summed E-state index contributed by atoms with van der Waals surface area (Å²) in [4.78, 5) is 17.7. The Hall–Kier alpha value is -3.31. The number of likely N-dealkylation sites (N-methyl/N-ethyl adjacent to an activating group) is 1. The molecule has 3 rings (SSSR count). The number of carbonyl (C=O) groups is 1. The maximum Gasteiger partial charge on any atom is 0.252 e. The van der Waals surface area contributed by atoms with Crippen LogP contribution in [0.1, 0.15) is 60.7 Å². The van der Waals surface area contributed by atoms with Gasteiger partial charge in [-0.3, -0.25) is 9.69 Å². The third kappa shape index (κ3) is 6.46. The van der Waals surface area contributed by atoms with Gasteiger partial charge in [0.05, 0.1) is 30.9 Å². The quantitative estimate of drug-likeness (QED) is 0.325. The van der Waals surface area contributed by atoms with Crippen LogP contribution >= 0.6 is 0 Å². The largest absolute Gasteiger partial charge is 0.490 e. The topological polar surface area (TPSA) is 112 Å². The van der Waals surface area contributed by atoms with Crippen LogP contribution in [0.3, 0.4) is 0 Å². The summed E-state index contributed by atoms with van der Waals surface area (Å²) >= 11 is 0. The summed E-state index contributed by atoms with van der Waals surface area (Å²) in [7, 11) is 1.90. The summed E-state index contributed by atoms with van der Waals surface area (Å²) in [5, 5.41) is 21.4. The summed E-state index contributed by atoms with van der Waals surface area (Å²) in [6.45, 7) is 7.75. The van der Waals surface area contributed by atoms with Gasteiger partial charge in [-0.1, -0.05) is 30.0 Å².